The lowest BCUT2D eigenvalue weighted by Gasteiger charge is -2.34. The molecular formula is C27H29N3O5. The lowest BCUT2D eigenvalue weighted by molar-refractivity contribution is -0.143. The van der Waals surface area contributed by atoms with Gasteiger partial charge in [0.15, 0.2) is 5.54 Å². The van der Waals surface area contributed by atoms with Gasteiger partial charge in [-0.3, -0.25) is 14.4 Å². The second kappa shape index (κ2) is 9.38. The van der Waals surface area contributed by atoms with E-state index in [0.29, 0.717) is 35.5 Å². The zero-order valence-corrected chi connectivity index (χ0v) is 20.2. The maximum Gasteiger partial charge on any atom is 0.296 e. The number of para-hydroxylation sites is 1. The smallest absolute Gasteiger partial charge is 0.296 e. The van der Waals surface area contributed by atoms with Crippen LogP contribution in [0.3, 0.4) is 0 Å². The fourth-order valence-electron chi connectivity index (χ4n) is 4.92. The molecule has 2 aliphatic heterocycles. The molecule has 2 aromatic carbocycles. The molecule has 2 aromatic rings. The first-order chi connectivity index (χ1) is 16.8. The number of amides is 2. The van der Waals surface area contributed by atoms with Gasteiger partial charge in [0.1, 0.15) is 11.5 Å². The maximum absolute atomic E-state index is 14.2. The number of aliphatic hydroxyl groups excluding tert-OH is 1. The Labute approximate surface area is 204 Å². The van der Waals surface area contributed by atoms with Crippen molar-refractivity contribution in [1.82, 2.24) is 9.80 Å². The fourth-order valence-corrected chi connectivity index (χ4v) is 4.92. The molecule has 0 radical (unpaired) electrons. The Hall–Kier alpha value is -3.91. The van der Waals surface area contributed by atoms with E-state index in [1.807, 2.05) is 19.0 Å². The Bertz CT molecular complexity index is 1220. The van der Waals surface area contributed by atoms with E-state index >= 15 is 0 Å². The molecule has 0 aliphatic carbocycles. The van der Waals surface area contributed by atoms with Crippen LogP contribution in [-0.2, 0) is 19.9 Å². The topological polar surface area (TPSA) is 90.4 Å². The van der Waals surface area contributed by atoms with Crippen molar-refractivity contribution < 1.29 is 24.2 Å². The molecule has 1 spiro atoms. The quantitative estimate of drug-likeness (QED) is 0.273. The minimum Gasteiger partial charge on any atom is -0.507 e. The van der Waals surface area contributed by atoms with Crippen molar-refractivity contribution in [3.63, 3.8) is 0 Å². The summed E-state index contributed by atoms with van der Waals surface area (Å²) in [5.41, 5.74) is -0.599. The van der Waals surface area contributed by atoms with Crippen LogP contribution in [-0.4, -0.2) is 73.3 Å². The lowest BCUT2D eigenvalue weighted by atomic mass is 9.82. The third kappa shape index (κ3) is 3.70. The molecular weight excluding hydrogens is 446 g/mol. The predicted octanol–water partition coefficient (Wildman–Crippen LogP) is 2.76. The lowest BCUT2D eigenvalue weighted by Crippen LogP contribution is -2.52. The molecule has 182 valence electrons. The van der Waals surface area contributed by atoms with Gasteiger partial charge in [-0.15, -0.1) is 6.58 Å². The molecule has 2 heterocycles. The molecule has 8 nitrogen and oxygen atoms in total. The van der Waals surface area contributed by atoms with Crippen LogP contribution in [0.1, 0.15) is 17.5 Å². The highest BCUT2D eigenvalue weighted by molar-refractivity contribution is 6.50. The highest BCUT2D eigenvalue weighted by Gasteiger charge is 2.66. The number of aliphatic hydroxyl groups is 1. The van der Waals surface area contributed by atoms with Gasteiger partial charge in [-0.1, -0.05) is 24.3 Å². The van der Waals surface area contributed by atoms with Crippen LogP contribution in [0.5, 0.6) is 5.75 Å². The second-order valence-corrected chi connectivity index (χ2v) is 8.83. The summed E-state index contributed by atoms with van der Waals surface area (Å²) in [6.07, 6.45) is 2.14. The van der Waals surface area contributed by atoms with Crippen LogP contribution in [0.25, 0.3) is 5.76 Å². The number of ether oxygens (including phenoxy) is 1. The molecule has 1 N–H and O–H groups in total. The van der Waals surface area contributed by atoms with Crippen LogP contribution >= 0.6 is 0 Å². The van der Waals surface area contributed by atoms with E-state index in [-0.39, 0.29) is 18.7 Å². The monoisotopic (exact) mass is 475 g/mol. The number of hydrogen-bond donors (Lipinski definition) is 1. The van der Waals surface area contributed by atoms with Gasteiger partial charge in [0.25, 0.3) is 17.6 Å². The number of carbonyl (C=O) groups is 3. The summed E-state index contributed by atoms with van der Waals surface area (Å²) in [4.78, 5) is 45.9. The Morgan fingerprint density at radius 2 is 1.80 bits per heavy atom. The van der Waals surface area contributed by atoms with E-state index < -0.39 is 28.9 Å². The summed E-state index contributed by atoms with van der Waals surface area (Å²) < 4.78 is 5.19. The van der Waals surface area contributed by atoms with Gasteiger partial charge < -0.3 is 24.5 Å². The largest absolute Gasteiger partial charge is 0.507 e. The Morgan fingerprint density at radius 3 is 2.43 bits per heavy atom. The average molecular weight is 476 g/mol. The van der Waals surface area contributed by atoms with Gasteiger partial charge in [-0.2, -0.15) is 0 Å². The van der Waals surface area contributed by atoms with Crippen molar-refractivity contribution in [2.45, 2.75) is 12.0 Å². The summed E-state index contributed by atoms with van der Waals surface area (Å²) in [5.74, 6) is -1.98. The average Bonchev–Trinajstić information content (AvgIpc) is 3.23. The number of nitrogens with zero attached hydrogens (tertiary/aromatic N) is 3. The van der Waals surface area contributed by atoms with Crippen LogP contribution < -0.4 is 9.64 Å². The molecule has 8 heteroatoms. The van der Waals surface area contributed by atoms with Gasteiger partial charge in [0, 0.05) is 24.2 Å². The molecule has 1 fully saturated rings. The first-order valence-corrected chi connectivity index (χ1v) is 11.4. The van der Waals surface area contributed by atoms with E-state index in [1.54, 1.807) is 54.6 Å². The standard InChI is InChI=1S/C27H29N3O5/c1-5-15-29-21-10-7-6-9-20(21)27(26(29)34)22(23(31)18-11-13-19(35-4)14-12-18)24(32)25(33)30(27)17-8-16-28(2)3/h5-7,9-14,31H,1,8,15-17H2,2-4H3. The van der Waals surface area contributed by atoms with Crippen LogP contribution in [0, 0.1) is 0 Å². The Kier molecular flexibility index (Phi) is 6.49. The normalized spacial score (nSPS) is 20.7. The van der Waals surface area contributed by atoms with Crippen molar-refractivity contribution in [3.05, 3.63) is 77.9 Å². The molecule has 1 atom stereocenters. The number of carbonyl (C=O) groups excluding carboxylic acids is 3. The van der Waals surface area contributed by atoms with Gasteiger partial charge in [-0.25, -0.2) is 0 Å². The number of ketones is 1. The molecule has 2 aliphatic rings. The third-order valence-electron chi connectivity index (χ3n) is 6.47. The van der Waals surface area contributed by atoms with Gasteiger partial charge >= 0.3 is 0 Å². The minimum absolute atomic E-state index is 0.171. The number of hydrogen-bond acceptors (Lipinski definition) is 6. The molecule has 4 rings (SSSR count). The molecule has 2 amide bonds. The van der Waals surface area contributed by atoms with E-state index in [4.69, 9.17) is 4.74 Å². The zero-order chi connectivity index (χ0) is 25.3. The number of rotatable bonds is 8. The van der Waals surface area contributed by atoms with Gasteiger partial charge in [-0.05, 0) is 57.4 Å². The summed E-state index contributed by atoms with van der Waals surface area (Å²) in [6.45, 7) is 4.79. The molecule has 0 bridgehead atoms. The van der Waals surface area contributed by atoms with Crippen LogP contribution in [0.2, 0.25) is 0 Å². The van der Waals surface area contributed by atoms with E-state index in [2.05, 4.69) is 6.58 Å². The number of benzene rings is 2. The Balaban J connectivity index is 1.98. The van der Waals surface area contributed by atoms with Crippen molar-refractivity contribution >= 4 is 29.0 Å². The fraction of sp³-hybridized carbons (Fsp3) is 0.296. The summed E-state index contributed by atoms with van der Waals surface area (Å²) in [6, 6.07) is 13.5. The van der Waals surface area contributed by atoms with E-state index in [1.165, 1.54) is 16.9 Å². The highest BCUT2D eigenvalue weighted by atomic mass is 16.5. The van der Waals surface area contributed by atoms with Gasteiger partial charge in [0.2, 0.25) is 0 Å². The predicted molar refractivity (Wildman–Crippen MR) is 133 cm³/mol. The third-order valence-corrected chi connectivity index (χ3v) is 6.47. The van der Waals surface area contributed by atoms with Crippen molar-refractivity contribution in [1.29, 1.82) is 0 Å². The summed E-state index contributed by atoms with van der Waals surface area (Å²) in [7, 11) is 5.35. The second-order valence-electron chi connectivity index (χ2n) is 8.83. The molecule has 1 unspecified atom stereocenters. The number of Topliss-reactive ketones (excluding diaryl/α,β-unsaturated/α-hetero) is 1. The summed E-state index contributed by atoms with van der Waals surface area (Å²) >= 11 is 0. The Morgan fingerprint density at radius 1 is 1.11 bits per heavy atom. The van der Waals surface area contributed by atoms with Crippen LogP contribution in [0.15, 0.2) is 66.8 Å². The van der Waals surface area contributed by atoms with E-state index in [0.717, 1.165) is 0 Å². The number of likely N-dealkylation sites (tertiary alicyclic amines) is 1. The molecule has 0 saturated carbocycles. The molecule has 1 saturated heterocycles. The van der Waals surface area contributed by atoms with E-state index in [9.17, 15) is 19.5 Å². The van der Waals surface area contributed by atoms with Crippen molar-refractivity contribution in [2.24, 2.45) is 0 Å². The summed E-state index contributed by atoms with van der Waals surface area (Å²) in [5, 5.41) is 11.4. The first kappa shape index (κ1) is 24.2. The SMILES string of the molecule is C=CCN1C(=O)C2(C(=C(O)c3ccc(OC)cc3)C(=O)C(=O)N2CCCN(C)C)c2ccccc21. The number of anilines is 1. The zero-order valence-electron chi connectivity index (χ0n) is 20.2. The van der Waals surface area contributed by atoms with Gasteiger partial charge in [0.05, 0.1) is 18.4 Å². The number of fused-ring (bicyclic) bond motifs is 2. The number of methoxy groups -OCH3 is 1. The van der Waals surface area contributed by atoms with Crippen molar-refractivity contribution in [3.8, 4) is 5.75 Å². The molecule has 0 aromatic heterocycles. The van der Waals surface area contributed by atoms with Crippen LogP contribution in [0.4, 0.5) is 5.69 Å². The minimum atomic E-state index is -1.76. The highest BCUT2D eigenvalue weighted by Crippen LogP contribution is 2.53. The maximum atomic E-state index is 14.2. The van der Waals surface area contributed by atoms with Crippen molar-refractivity contribution in [2.75, 3.05) is 45.7 Å². The first-order valence-electron chi connectivity index (χ1n) is 11.4. The molecule has 35 heavy (non-hydrogen) atoms.